The molecule has 0 bridgehead atoms. The molecule has 0 aliphatic carbocycles. The van der Waals surface area contributed by atoms with Gasteiger partial charge in [0.25, 0.3) is 0 Å². The van der Waals surface area contributed by atoms with Crippen LogP contribution in [0.3, 0.4) is 0 Å². The van der Waals surface area contributed by atoms with Crippen molar-refractivity contribution in [3.05, 3.63) is 53.2 Å². The molecule has 1 aromatic carbocycles. The second kappa shape index (κ2) is 4.94. The molecule has 1 aromatic rings. The van der Waals surface area contributed by atoms with Crippen LogP contribution in [-0.2, 0) is 0 Å². The first-order valence-electron chi connectivity index (χ1n) is 6.01. The third-order valence-corrected chi connectivity index (χ3v) is 2.95. The number of hydrogen-bond acceptors (Lipinski definition) is 1. The average molecular weight is 258 g/mol. The molecule has 0 unspecified atom stereocenters. The van der Waals surface area contributed by atoms with Gasteiger partial charge in [0.15, 0.2) is 5.11 Å². The molecule has 0 spiro atoms. The van der Waals surface area contributed by atoms with E-state index >= 15 is 0 Å². The highest BCUT2D eigenvalue weighted by atomic mass is 32.1. The van der Waals surface area contributed by atoms with E-state index < -0.39 is 0 Å². The first-order valence-corrected chi connectivity index (χ1v) is 6.42. The molecular formula is C15H18N2S. The van der Waals surface area contributed by atoms with Crippen LogP contribution in [0.2, 0.25) is 0 Å². The lowest BCUT2D eigenvalue weighted by Crippen LogP contribution is -2.51. The van der Waals surface area contributed by atoms with Crippen molar-refractivity contribution in [2.45, 2.75) is 26.3 Å². The molecule has 0 saturated carbocycles. The van der Waals surface area contributed by atoms with Gasteiger partial charge < -0.3 is 10.6 Å². The van der Waals surface area contributed by atoms with Gasteiger partial charge in [-0.1, -0.05) is 35.9 Å². The van der Waals surface area contributed by atoms with Gasteiger partial charge in [-0.2, -0.15) is 0 Å². The van der Waals surface area contributed by atoms with Crippen LogP contribution in [0.4, 0.5) is 0 Å². The first-order chi connectivity index (χ1) is 8.44. The highest BCUT2D eigenvalue weighted by Crippen LogP contribution is 2.14. The Morgan fingerprint density at radius 3 is 2.39 bits per heavy atom. The topological polar surface area (TPSA) is 24.1 Å². The average Bonchev–Trinajstić information content (AvgIpc) is 2.25. The molecule has 94 valence electrons. The Morgan fingerprint density at radius 1 is 1.11 bits per heavy atom. The summed E-state index contributed by atoms with van der Waals surface area (Å²) in [5.74, 6) is 0. The molecule has 0 atom stereocenters. The zero-order valence-corrected chi connectivity index (χ0v) is 11.8. The van der Waals surface area contributed by atoms with Crippen molar-refractivity contribution < 1.29 is 0 Å². The molecular weight excluding hydrogens is 240 g/mol. The number of allylic oxidation sites excluding steroid dienone is 1. The summed E-state index contributed by atoms with van der Waals surface area (Å²) < 4.78 is 0. The quantitative estimate of drug-likeness (QED) is 0.797. The van der Waals surface area contributed by atoms with Crippen molar-refractivity contribution in [3.8, 4) is 0 Å². The Hall–Kier alpha value is -1.61. The van der Waals surface area contributed by atoms with Gasteiger partial charge in [0.05, 0.1) is 5.54 Å². The van der Waals surface area contributed by atoms with E-state index in [1.54, 1.807) is 0 Å². The molecule has 1 aliphatic rings. The van der Waals surface area contributed by atoms with Gasteiger partial charge in [-0.3, -0.25) is 0 Å². The molecule has 0 fully saturated rings. The number of thiocarbonyl (C=S) groups is 1. The van der Waals surface area contributed by atoms with E-state index in [1.165, 1.54) is 11.1 Å². The third-order valence-electron chi connectivity index (χ3n) is 2.74. The standard InChI is InChI=1S/C15H18N2S/c1-11-4-6-12(7-5-11)8-9-13-10-15(2,3)17-14(18)16-13/h4-10H,1-3H3,(H2,16,17,18)/b9-8+. The van der Waals surface area contributed by atoms with E-state index in [-0.39, 0.29) is 5.54 Å². The van der Waals surface area contributed by atoms with Crippen LogP contribution in [0.1, 0.15) is 25.0 Å². The summed E-state index contributed by atoms with van der Waals surface area (Å²) in [6.07, 6.45) is 6.27. The van der Waals surface area contributed by atoms with Gasteiger partial charge in [0, 0.05) is 5.70 Å². The van der Waals surface area contributed by atoms with Crippen molar-refractivity contribution in [3.63, 3.8) is 0 Å². The Bertz CT molecular complexity index is 510. The van der Waals surface area contributed by atoms with Crippen molar-refractivity contribution in [1.82, 2.24) is 10.6 Å². The van der Waals surface area contributed by atoms with Crippen molar-refractivity contribution >= 4 is 23.4 Å². The summed E-state index contributed by atoms with van der Waals surface area (Å²) in [6.45, 7) is 6.28. The molecule has 3 heteroatoms. The lowest BCUT2D eigenvalue weighted by Gasteiger charge is -2.30. The van der Waals surface area contributed by atoms with Crippen molar-refractivity contribution in [2.75, 3.05) is 0 Å². The summed E-state index contributed by atoms with van der Waals surface area (Å²) >= 11 is 5.18. The predicted molar refractivity (Wildman–Crippen MR) is 81.2 cm³/mol. The van der Waals surface area contributed by atoms with E-state index in [2.05, 4.69) is 73.9 Å². The Balaban J connectivity index is 2.16. The monoisotopic (exact) mass is 258 g/mol. The molecule has 2 N–H and O–H groups in total. The molecule has 2 rings (SSSR count). The highest BCUT2D eigenvalue weighted by Gasteiger charge is 2.20. The van der Waals surface area contributed by atoms with Gasteiger partial charge in [0.1, 0.15) is 0 Å². The molecule has 0 amide bonds. The van der Waals surface area contributed by atoms with E-state index in [1.807, 2.05) is 0 Å². The Kier molecular flexibility index (Phi) is 3.53. The SMILES string of the molecule is Cc1ccc(/C=C/C2=CC(C)(C)NC(=S)N2)cc1. The van der Waals surface area contributed by atoms with E-state index in [0.29, 0.717) is 5.11 Å². The number of hydrogen-bond donors (Lipinski definition) is 2. The maximum absolute atomic E-state index is 5.18. The maximum Gasteiger partial charge on any atom is 0.171 e. The van der Waals surface area contributed by atoms with E-state index in [4.69, 9.17) is 12.2 Å². The molecule has 18 heavy (non-hydrogen) atoms. The third kappa shape index (κ3) is 3.44. The molecule has 0 aromatic heterocycles. The summed E-state index contributed by atoms with van der Waals surface area (Å²) in [7, 11) is 0. The van der Waals surface area contributed by atoms with Gasteiger partial charge >= 0.3 is 0 Å². The Morgan fingerprint density at radius 2 is 1.78 bits per heavy atom. The minimum atomic E-state index is -0.102. The Labute approximate surface area is 114 Å². The van der Waals surface area contributed by atoms with E-state index in [0.717, 1.165) is 5.70 Å². The fraction of sp³-hybridized carbons (Fsp3) is 0.267. The van der Waals surface area contributed by atoms with Gasteiger partial charge in [-0.05, 0) is 50.7 Å². The highest BCUT2D eigenvalue weighted by molar-refractivity contribution is 7.80. The van der Waals surface area contributed by atoms with Gasteiger partial charge in [-0.25, -0.2) is 0 Å². The van der Waals surface area contributed by atoms with Crippen molar-refractivity contribution in [2.24, 2.45) is 0 Å². The second-order valence-corrected chi connectivity index (χ2v) is 5.55. The maximum atomic E-state index is 5.18. The molecule has 1 aliphatic heterocycles. The summed E-state index contributed by atoms with van der Waals surface area (Å²) in [5.41, 5.74) is 3.39. The molecule has 1 heterocycles. The summed E-state index contributed by atoms with van der Waals surface area (Å²) in [4.78, 5) is 0. The lowest BCUT2D eigenvalue weighted by atomic mass is 10.0. The normalized spacial score (nSPS) is 18.2. The van der Waals surface area contributed by atoms with Crippen LogP contribution in [0, 0.1) is 6.92 Å². The number of nitrogens with one attached hydrogen (secondary N) is 2. The van der Waals surface area contributed by atoms with Gasteiger partial charge in [0.2, 0.25) is 0 Å². The molecule has 0 saturated heterocycles. The zero-order valence-electron chi connectivity index (χ0n) is 10.9. The van der Waals surface area contributed by atoms with Crippen LogP contribution < -0.4 is 10.6 Å². The number of rotatable bonds is 2. The van der Waals surface area contributed by atoms with Crippen LogP contribution in [0.15, 0.2) is 42.1 Å². The minimum absolute atomic E-state index is 0.102. The largest absolute Gasteiger partial charge is 0.354 e. The van der Waals surface area contributed by atoms with Crippen LogP contribution in [0.25, 0.3) is 6.08 Å². The molecule has 2 nitrogen and oxygen atoms in total. The summed E-state index contributed by atoms with van der Waals surface area (Å²) in [6, 6.07) is 8.44. The smallest absolute Gasteiger partial charge is 0.171 e. The molecule has 0 radical (unpaired) electrons. The van der Waals surface area contributed by atoms with Gasteiger partial charge in [-0.15, -0.1) is 0 Å². The van der Waals surface area contributed by atoms with Crippen LogP contribution >= 0.6 is 12.2 Å². The minimum Gasteiger partial charge on any atom is -0.354 e. The van der Waals surface area contributed by atoms with E-state index in [9.17, 15) is 0 Å². The summed E-state index contributed by atoms with van der Waals surface area (Å²) in [5, 5.41) is 7.02. The van der Waals surface area contributed by atoms with Crippen molar-refractivity contribution in [1.29, 1.82) is 0 Å². The lowest BCUT2D eigenvalue weighted by molar-refractivity contribution is 0.555. The number of aryl methyl sites for hydroxylation is 1. The first kappa shape index (κ1) is 12.8. The van der Waals surface area contributed by atoms with Crippen LogP contribution in [-0.4, -0.2) is 10.7 Å². The second-order valence-electron chi connectivity index (χ2n) is 5.14. The zero-order chi connectivity index (χ0) is 13.2. The fourth-order valence-corrected chi connectivity index (χ4v) is 2.25. The predicted octanol–water partition coefficient (Wildman–Crippen LogP) is 3.15. The fourth-order valence-electron chi connectivity index (χ4n) is 1.87. The number of benzene rings is 1. The van der Waals surface area contributed by atoms with Crippen LogP contribution in [0.5, 0.6) is 0 Å².